The van der Waals surface area contributed by atoms with Gasteiger partial charge in [0, 0.05) is 12.8 Å². The van der Waals surface area contributed by atoms with E-state index in [-0.39, 0.29) is 0 Å². The average Bonchev–Trinajstić information content (AvgIpc) is 2.50. The van der Waals surface area contributed by atoms with Gasteiger partial charge in [0.15, 0.2) is 0 Å². The van der Waals surface area contributed by atoms with E-state index < -0.39 is 68.7 Å². The van der Waals surface area contributed by atoms with E-state index in [1.54, 1.807) is 0 Å². The van der Waals surface area contributed by atoms with Gasteiger partial charge in [0.05, 0.1) is 0 Å². The summed E-state index contributed by atoms with van der Waals surface area (Å²) in [6, 6.07) is 0. The Kier molecular flexibility index (Phi) is 7.20. The Morgan fingerprint density at radius 3 is 1.00 bits per heavy atom. The van der Waals surface area contributed by atoms with Crippen LogP contribution in [0.3, 0.4) is 0 Å². The van der Waals surface area contributed by atoms with Gasteiger partial charge in [-0.05, 0) is 0 Å². The molecule has 0 aliphatic carbocycles. The highest BCUT2D eigenvalue weighted by atomic mass is 28.4. The second-order valence-corrected chi connectivity index (χ2v) is 8.69. The Morgan fingerprint density at radius 2 is 0.710 bits per heavy atom. The van der Waals surface area contributed by atoms with Crippen LogP contribution in [-0.4, -0.2) is 55.8 Å². The minimum Gasteiger partial charge on any atom is -0.323 e. The number of hydrogen-bond acceptors (Lipinski definition) is 3. The van der Waals surface area contributed by atoms with Crippen molar-refractivity contribution in [3.8, 4) is 0 Å². The summed E-state index contributed by atoms with van der Waals surface area (Å²) in [4.78, 5) is 0. The molecule has 0 amide bonds. The van der Waals surface area contributed by atoms with Crippen LogP contribution in [0.1, 0.15) is 12.8 Å². The molecule has 0 bridgehead atoms. The van der Waals surface area contributed by atoms with Gasteiger partial charge in [-0.15, -0.1) is 0 Å². The summed E-state index contributed by atoms with van der Waals surface area (Å²) in [6.07, 6.45) is -12.2. The highest BCUT2D eigenvalue weighted by Gasteiger charge is 2.93. The van der Waals surface area contributed by atoms with Crippen LogP contribution < -0.4 is 16.2 Å². The lowest BCUT2D eigenvalue weighted by atomic mass is 9.90. The normalized spacial score (nSPS) is 16.6. The molecular weight excluding hydrogens is 513 g/mol. The van der Waals surface area contributed by atoms with E-state index in [0.717, 1.165) is 0 Å². The molecule has 0 aliphatic heterocycles. The zero-order valence-electron chi connectivity index (χ0n) is 14.1. The maximum atomic E-state index is 13.4. The number of nitrogens with two attached hydrogens (primary N) is 3. The molecule has 0 saturated carbocycles. The molecule has 0 radical (unpaired) electrons. The van der Waals surface area contributed by atoms with Crippen molar-refractivity contribution >= 4 is 8.56 Å². The van der Waals surface area contributed by atoms with Crippen molar-refractivity contribution in [2.24, 2.45) is 16.2 Å². The summed E-state index contributed by atoms with van der Waals surface area (Å²) >= 11 is 0. The molecule has 3 nitrogen and oxygen atoms in total. The van der Waals surface area contributed by atoms with Crippen LogP contribution in [-0.2, 0) is 0 Å². The Balaban J connectivity index is 6.56. The molecule has 0 unspecified atom stereocenters. The molecule has 0 aromatic rings. The van der Waals surface area contributed by atoms with Crippen LogP contribution in [0.2, 0.25) is 0 Å². The number of rotatable bonds is 9. The Hall–Kier alpha value is -1.09. The van der Waals surface area contributed by atoms with Gasteiger partial charge in [-0.25, -0.2) is 0 Å². The van der Waals surface area contributed by atoms with Crippen LogP contribution in [0.25, 0.3) is 0 Å². The zero-order valence-corrected chi connectivity index (χ0v) is 15.1. The Bertz CT molecular complexity index is 650. The third-order valence-corrected chi connectivity index (χ3v) is 5.10. The molecule has 0 aromatic carbocycles. The molecule has 21 heteroatoms. The second-order valence-electron chi connectivity index (χ2n) is 6.20. The average molecular weight is 523 g/mol. The van der Waals surface area contributed by atoms with Gasteiger partial charge in [-0.1, -0.05) is 0 Å². The van der Waals surface area contributed by atoms with Crippen LogP contribution in [0.15, 0.2) is 0 Å². The molecule has 31 heavy (non-hydrogen) atoms. The lowest BCUT2D eigenvalue weighted by Crippen LogP contribution is -2.84. The van der Waals surface area contributed by atoms with Gasteiger partial charge >= 0.3 is 55.8 Å². The van der Waals surface area contributed by atoms with Crippen LogP contribution in [0.4, 0.5) is 74.6 Å². The van der Waals surface area contributed by atoms with E-state index in [4.69, 9.17) is 0 Å². The molecule has 0 aromatic heterocycles. The number of hydrogen-bond donors (Lipinski definition) is 3. The fraction of sp³-hybridized carbons (Fsp3) is 1.00. The maximum absolute atomic E-state index is 13.4. The predicted octanol–water partition coefficient (Wildman–Crippen LogP) is 4.13. The van der Waals surface area contributed by atoms with Crippen molar-refractivity contribution in [1.82, 2.24) is 0 Å². The lowest BCUT2D eigenvalue weighted by Gasteiger charge is -2.44. The van der Waals surface area contributed by atoms with E-state index in [1.165, 1.54) is 0 Å². The fourth-order valence-electron chi connectivity index (χ4n) is 1.75. The monoisotopic (exact) mass is 523 g/mol. The standard InChI is InChI=1S/C10H10F17N3Si/c11-3(12,1-2-4(13,14)15)5(16,17)6(18,19)7(20,21)8(22,23)9(24,25)10(26,27)31(28,29)30/h1-2,28-30H2. The van der Waals surface area contributed by atoms with E-state index in [2.05, 4.69) is 16.2 Å². The molecule has 0 spiro atoms. The highest BCUT2D eigenvalue weighted by molar-refractivity contribution is 6.73. The molecule has 0 saturated heterocycles. The van der Waals surface area contributed by atoms with Gasteiger partial charge in [0.1, 0.15) is 0 Å². The van der Waals surface area contributed by atoms with Crippen molar-refractivity contribution in [2.45, 2.75) is 60.1 Å². The fourth-order valence-corrected chi connectivity index (χ4v) is 2.45. The van der Waals surface area contributed by atoms with Gasteiger partial charge < -0.3 is 16.2 Å². The van der Waals surface area contributed by atoms with E-state index in [9.17, 15) is 74.6 Å². The minimum absolute atomic E-state index is 3.04. The van der Waals surface area contributed by atoms with Crippen LogP contribution >= 0.6 is 0 Å². The quantitative estimate of drug-likeness (QED) is 0.314. The molecule has 0 fully saturated rings. The SMILES string of the molecule is N[Si](N)(N)C(F)(F)C(F)(F)C(F)(F)C(F)(F)C(F)(F)C(F)(F)C(F)(F)CCC(F)(F)F. The van der Waals surface area contributed by atoms with Crippen LogP contribution in [0, 0.1) is 0 Å². The highest BCUT2D eigenvalue weighted by Crippen LogP contribution is 2.62. The largest absolute Gasteiger partial charge is 0.389 e. The van der Waals surface area contributed by atoms with Gasteiger partial charge in [-0.3, -0.25) is 0 Å². The molecule has 188 valence electrons. The molecule has 6 N–H and O–H groups in total. The van der Waals surface area contributed by atoms with Crippen molar-refractivity contribution in [3.05, 3.63) is 0 Å². The van der Waals surface area contributed by atoms with E-state index in [0.29, 0.717) is 0 Å². The maximum Gasteiger partial charge on any atom is 0.389 e. The first kappa shape index (κ1) is 29.9. The first-order valence-electron chi connectivity index (χ1n) is 7.04. The summed E-state index contributed by atoms with van der Waals surface area (Å²) in [6.45, 7) is 0. The first-order valence-corrected chi connectivity index (χ1v) is 9.27. The molecule has 0 aliphatic rings. The van der Waals surface area contributed by atoms with E-state index >= 15 is 0 Å². The molecule has 0 rings (SSSR count). The van der Waals surface area contributed by atoms with Gasteiger partial charge in [0.2, 0.25) is 0 Å². The number of alkyl halides is 17. The van der Waals surface area contributed by atoms with Crippen molar-refractivity contribution in [2.75, 3.05) is 0 Å². The van der Waals surface area contributed by atoms with Crippen molar-refractivity contribution < 1.29 is 74.6 Å². The summed E-state index contributed by atoms with van der Waals surface area (Å²) in [5.41, 5.74) is -6.82. The molecule has 0 atom stereocenters. The van der Waals surface area contributed by atoms with E-state index in [1.807, 2.05) is 0 Å². The second kappa shape index (κ2) is 7.47. The summed E-state index contributed by atoms with van der Waals surface area (Å²) in [5.74, 6) is -47.6. The van der Waals surface area contributed by atoms with Crippen molar-refractivity contribution in [3.63, 3.8) is 0 Å². The first-order chi connectivity index (χ1) is 13.0. The third kappa shape index (κ3) is 4.41. The predicted molar refractivity (Wildman–Crippen MR) is 68.2 cm³/mol. The molecular formula is C10H10F17N3Si. The van der Waals surface area contributed by atoms with Gasteiger partial charge in [-0.2, -0.15) is 74.6 Å². The van der Waals surface area contributed by atoms with Gasteiger partial charge in [0.25, 0.3) is 0 Å². The summed E-state index contributed by atoms with van der Waals surface area (Å²) in [5, 5.41) is 12.3. The van der Waals surface area contributed by atoms with Crippen LogP contribution in [0.5, 0.6) is 0 Å². The summed E-state index contributed by atoms with van der Waals surface area (Å²) < 4.78 is 222. The van der Waals surface area contributed by atoms with Crippen molar-refractivity contribution in [1.29, 1.82) is 0 Å². The lowest BCUT2D eigenvalue weighted by molar-refractivity contribution is -0.437. The Morgan fingerprint density at radius 1 is 0.419 bits per heavy atom. The number of halogens is 17. The third-order valence-electron chi connectivity index (χ3n) is 3.70. The Labute approximate surface area is 160 Å². The minimum atomic E-state index is -8.43. The zero-order chi connectivity index (χ0) is 25.9. The topological polar surface area (TPSA) is 78.1 Å². The molecule has 0 heterocycles. The summed E-state index contributed by atoms with van der Waals surface area (Å²) in [7, 11) is -6.49. The smallest absolute Gasteiger partial charge is 0.323 e.